The molecule has 0 aliphatic heterocycles. The van der Waals surface area contributed by atoms with E-state index in [9.17, 15) is 0 Å². The normalized spacial score (nSPS) is 8.81. The van der Waals surface area contributed by atoms with Crippen LogP contribution in [0.3, 0.4) is 0 Å². The van der Waals surface area contributed by atoms with Crippen LogP contribution in [0.1, 0.15) is 0 Å². The molecule has 0 aliphatic carbocycles. The van der Waals surface area contributed by atoms with Crippen LogP contribution in [-0.2, 0) is 0 Å². The first-order valence-electron chi connectivity index (χ1n) is 4.32. The molecule has 2 nitrogen and oxygen atoms in total. The van der Waals surface area contributed by atoms with E-state index in [-0.39, 0.29) is 24.8 Å². The van der Waals surface area contributed by atoms with Crippen molar-refractivity contribution in [3.63, 3.8) is 0 Å². The topological polar surface area (TPSA) is 25.8 Å². The van der Waals surface area contributed by atoms with Gasteiger partial charge in [-0.15, -0.1) is 36.6 Å². The van der Waals surface area contributed by atoms with Crippen LogP contribution >= 0.6 is 36.6 Å². The maximum Gasteiger partial charge on any atom is 0.102 e. The molecular weight excluding hydrogens is 263 g/mol. The third-order valence-electron chi connectivity index (χ3n) is 1.90. The maximum atomic E-state index is 4.34. The highest BCUT2D eigenvalue weighted by Gasteiger charge is 2.04. The Morgan fingerprint density at radius 3 is 2.31 bits per heavy atom. The molecule has 0 aliphatic rings. The summed E-state index contributed by atoms with van der Waals surface area (Å²) < 4.78 is 0. The Balaban J connectivity index is 0.00000112. The summed E-state index contributed by atoms with van der Waals surface area (Å²) in [4.78, 5) is 9.78. The lowest BCUT2D eigenvalue weighted by atomic mass is 10.2. The van der Waals surface area contributed by atoms with Gasteiger partial charge in [0.2, 0.25) is 0 Å². The minimum Gasteiger partial charge on any atom is -0.255 e. The van der Waals surface area contributed by atoms with Crippen molar-refractivity contribution in [2.24, 2.45) is 0 Å². The maximum absolute atomic E-state index is 4.34. The summed E-state index contributed by atoms with van der Waals surface area (Å²) in [6.07, 6.45) is 5.63. The third-order valence-corrected chi connectivity index (χ3v) is 2.67. The highest BCUT2D eigenvalue weighted by molar-refractivity contribution is 7.98. The molecule has 0 unspecified atom stereocenters. The molecular formula is C11H12Cl2N2S. The van der Waals surface area contributed by atoms with Crippen molar-refractivity contribution in [2.75, 3.05) is 6.26 Å². The molecule has 0 bridgehead atoms. The van der Waals surface area contributed by atoms with Gasteiger partial charge in [0.1, 0.15) is 5.69 Å². The Morgan fingerprint density at radius 1 is 0.938 bits per heavy atom. The first-order valence-corrected chi connectivity index (χ1v) is 5.54. The molecule has 2 aromatic rings. The Kier molecular flexibility index (Phi) is 7.13. The van der Waals surface area contributed by atoms with Gasteiger partial charge in [-0.3, -0.25) is 9.97 Å². The second-order valence-electron chi connectivity index (χ2n) is 2.77. The van der Waals surface area contributed by atoms with Gasteiger partial charge in [0.15, 0.2) is 0 Å². The Bertz CT molecular complexity index is 423. The number of nitrogens with zero attached hydrogens (tertiary/aromatic N) is 2. The minimum absolute atomic E-state index is 0. The lowest BCUT2D eigenvalue weighted by molar-refractivity contribution is 1.19. The number of hydrogen-bond acceptors (Lipinski definition) is 3. The smallest absolute Gasteiger partial charge is 0.102 e. The zero-order chi connectivity index (χ0) is 9.80. The Hall–Kier alpha value is -0.770. The standard InChI is InChI=1S/C11H10N2S.2ClH/c1-14-10-6-4-8-13-11(10)9-5-2-3-7-12-9;;/h2-8H,1H3;2*1H. The van der Waals surface area contributed by atoms with Gasteiger partial charge in [-0.1, -0.05) is 6.07 Å². The molecule has 0 amide bonds. The zero-order valence-corrected chi connectivity index (χ0v) is 11.1. The van der Waals surface area contributed by atoms with Crippen molar-refractivity contribution in [3.05, 3.63) is 42.7 Å². The van der Waals surface area contributed by atoms with Crippen molar-refractivity contribution < 1.29 is 0 Å². The molecule has 2 heterocycles. The predicted octanol–water partition coefficient (Wildman–Crippen LogP) is 3.71. The second-order valence-corrected chi connectivity index (χ2v) is 3.62. The monoisotopic (exact) mass is 274 g/mol. The molecule has 0 radical (unpaired) electrons. The zero-order valence-electron chi connectivity index (χ0n) is 8.66. The second kappa shape index (κ2) is 7.49. The molecule has 5 heteroatoms. The van der Waals surface area contributed by atoms with Gasteiger partial charge in [-0.2, -0.15) is 0 Å². The summed E-state index contributed by atoms with van der Waals surface area (Å²) in [5, 5.41) is 0. The van der Waals surface area contributed by atoms with Crippen molar-refractivity contribution in [2.45, 2.75) is 4.90 Å². The van der Waals surface area contributed by atoms with E-state index in [1.54, 1.807) is 24.2 Å². The molecule has 0 spiro atoms. The highest BCUT2D eigenvalue weighted by Crippen LogP contribution is 2.25. The van der Waals surface area contributed by atoms with Gasteiger partial charge in [0, 0.05) is 17.3 Å². The molecule has 0 N–H and O–H groups in total. The van der Waals surface area contributed by atoms with E-state index in [0.29, 0.717) is 0 Å². The largest absolute Gasteiger partial charge is 0.255 e. The molecule has 2 rings (SSSR count). The Morgan fingerprint density at radius 2 is 1.69 bits per heavy atom. The number of aromatic nitrogens is 2. The summed E-state index contributed by atoms with van der Waals surface area (Å²) >= 11 is 1.69. The van der Waals surface area contributed by atoms with E-state index < -0.39 is 0 Å². The molecule has 0 aromatic carbocycles. The fraction of sp³-hybridized carbons (Fsp3) is 0.0909. The van der Waals surface area contributed by atoms with Crippen LogP contribution in [0.15, 0.2) is 47.6 Å². The summed E-state index contributed by atoms with van der Waals surface area (Å²) in [7, 11) is 0. The van der Waals surface area contributed by atoms with E-state index in [4.69, 9.17) is 0 Å². The molecule has 0 saturated heterocycles. The van der Waals surface area contributed by atoms with Gasteiger partial charge >= 0.3 is 0 Å². The lowest BCUT2D eigenvalue weighted by Crippen LogP contribution is -1.88. The molecule has 0 fully saturated rings. The van der Waals surface area contributed by atoms with Crippen LogP contribution in [0.4, 0.5) is 0 Å². The van der Waals surface area contributed by atoms with Crippen molar-refractivity contribution >= 4 is 36.6 Å². The summed E-state index contributed by atoms with van der Waals surface area (Å²) in [5.74, 6) is 0. The number of pyridine rings is 2. The summed E-state index contributed by atoms with van der Waals surface area (Å²) in [5.41, 5.74) is 1.89. The van der Waals surface area contributed by atoms with Crippen LogP contribution in [0.25, 0.3) is 11.4 Å². The number of halogens is 2. The van der Waals surface area contributed by atoms with Crippen molar-refractivity contribution in [1.82, 2.24) is 9.97 Å². The number of rotatable bonds is 2. The SMILES string of the molecule is CSc1cccnc1-c1ccccn1.Cl.Cl. The van der Waals surface area contributed by atoms with Crippen LogP contribution in [0.2, 0.25) is 0 Å². The summed E-state index contributed by atoms with van der Waals surface area (Å²) in [6.45, 7) is 0. The first kappa shape index (κ1) is 15.2. The summed E-state index contributed by atoms with van der Waals surface area (Å²) in [6, 6.07) is 9.86. The van der Waals surface area contributed by atoms with Crippen LogP contribution in [-0.4, -0.2) is 16.2 Å². The van der Waals surface area contributed by atoms with Gasteiger partial charge in [-0.25, -0.2) is 0 Å². The van der Waals surface area contributed by atoms with E-state index in [0.717, 1.165) is 16.3 Å². The average molecular weight is 275 g/mol. The van der Waals surface area contributed by atoms with Gasteiger partial charge in [-0.05, 0) is 30.5 Å². The third kappa shape index (κ3) is 3.37. The predicted molar refractivity (Wildman–Crippen MR) is 73.7 cm³/mol. The van der Waals surface area contributed by atoms with E-state index in [1.165, 1.54) is 0 Å². The fourth-order valence-corrected chi connectivity index (χ4v) is 1.82. The van der Waals surface area contributed by atoms with Crippen LogP contribution in [0.5, 0.6) is 0 Å². The van der Waals surface area contributed by atoms with Gasteiger partial charge < -0.3 is 0 Å². The quantitative estimate of drug-likeness (QED) is 0.781. The van der Waals surface area contributed by atoms with E-state index >= 15 is 0 Å². The van der Waals surface area contributed by atoms with Crippen LogP contribution in [0, 0.1) is 0 Å². The molecule has 0 atom stereocenters. The highest BCUT2D eigenvalue weighted by atomic mass is 35.5. The average Bonchev–Trinajstić information content (AvgIpc) is 2.30. The minimum atomic E-state index is 0. The fourth-order valence-electron chi connectivity index (χ4n) is 1.25. The molecule has 0 saturated carbocycles. The lowest BCUT2D eigenvalue weighted by Gasteiger charge is -2.03. The Labute approximate surface area is 112 Å². The van der Waals surface area contributed by atoms with Gasteiger partial charge in [0.05, 0.1) is 5.69 Å². The number of hydrogen-bond donors (Lipinski definition) is 0. The van der Waals surface area contributed by atoms with E-state index in [2.05, 4.69) is 16.0 Å². The first-order chi connectivity index (χ1) is 6.92. The van der Waals surface area contributed by atoms with E-state index in [1.807, 2.05) is 30.5 Å². The van der Waals surface area contributed by atoms with Gasteiger partial charge in [0.25, 0.3) is 0 Å². The number of thioether (sulfide) groups is 1. The molecule has 86 valence electrons. The van der Waals surface area contributed by atoms with Crippen molar-refractivity contribution in [3.8, 4) is 11.4 Å². The van der Waals surface area contributed by atoms with Crippen LogP contribution < -0.4 is 0 Å². The molecule has 2 aromatic heterocycles. The molecule has 16 heavy (non-hydrogen) atoms. The van der Waals surface area contributed by atoms with Crippen molar-refractivity contribution in [1.29, 1.82) is 0 Å².